The number of nitrogens with zero attached hydrogens (tertiary/aromatic N) is 3. The fourth-order valence-corrected chi connectivity index (χ4v) is 3.84. The van der Waals surface area contributed by atoms with E-state index in [0.29, 0.717) is 5.91 Å². The van der Waals surface area contributed by atoms with E-state index in [9.17, 15) is 4.79 Å². The first-order valence-corrected chi connectivity index (χ1v) is 8.52. The zero-order valence-electron chi connectivity index (χ0n) is 11.7. The van der Waals surface area contributed by atoms with Gasteiger partial charge >= 0.3 is 0 Å². The standard InChI is InChI=1S/C15H21N3OS/c19-15(18-9-11-20-12-10-18)13-4-7-17(8-5-13)14-3-1-2-6-16-14/h1-3,6,13H,4-5,7-12H2. The van der Waals surface area contributed by atoms with E-state index in [1.54, 1.807) is 0 Å². The Balaban J connectivity index is 1.54. The number of aromatic nitrogens is 1. The molecule has 3 rings (SSSR count). The third kappa shape index (κ3) is 3.08. The lowest BCUT2D eigenvalue weighted by molar-refractivity contribution is -0.135. The van der Waals surface area contributed by atoms with Gasteiger partial charge in [0.25, 0.3) is 0 Å². The van der Waals surface area contributed by atoms with Crippen molar-refractivity contribution in [2.75, 3.05) is 42.6 Å². The van der Waals surface area contributed by atoms with Gasteiger partial charge in [-0.3, -0.25) is 4.79 Å². The Kier molecular flexibility index (Phi) is 4.45. The molecule has 0 N–H and O–H groups in total. The van der Waals surface area contributed by atoms with Crippen molar-refractivity contribution < 1.29 is 4.79 Å². The third-order valence-electron chi connectivity index (χ3n) is 4.14. The predicted molar refractivity (Wildman–Crippen MR) is 83.1 cm³/mol. The minimum atomic E-state index is 0.220. The topological polar surface area (TPSA) is 36.4 Å². The van der Waals surface area contributed by atoms with E-state index in [4.69, 9.17) is 0 Å². The summed E-state index contributed by atoms with van der Waals surface area (Å²) in [5, 5.41) is 0. The molecule has 0 unspecified atom stereocenters. The molecule has 0 spiro atoms. The van der Waals surface area contributed by atoms with E-state index in [1.165, 1.54) is 0 Å². The second kappa shape index (κ2) is 6.48. The highest BCUT2D eigenvalue weighted by atomic mass is 32.2. The van der Waals surface area contributed by atoms with Crippen LogP contribution in [-0.2, 0) is 4.79 Å². The Morgan fingerprint density at radius 3 is 2.55 bits per heavy atom. The van der Waals surface area contributed by atoms with Crippen molar-refractivity contribution in [2.45, 2.75) is 12.8 Å². The molecule has 1 aromatic rings. The molecule has 108 valence electrons. The average molecular weight is 291 g/mol. The fourth-order valence-electron chi connectivity index (χ4n) is 2.94. The molecule has 2 fully saturated rings. The van der Waals surface area contributed by atoms with Gasteiger partial charge in [0.2, 0.25) is 5.91 Å². The number of rotatable bonds is 2. The Hall–Kier alpha value is -1.23. The van der Waals surface area contributed by atoms with E-state index >= 15 is 0 Å². The second-order valence-electron chi connectivity index (χ2n) is 5.39. The summed E-state index contributed by atoms with van der Waals surface area (Å²) in [5.41, 5.74) is 0. The number of amides is 1. The van der Waals surface area contributed by atoms with Crippen molar-refractivity contribution in [3.05, 3.63) is 24.4 Å². The lowest BCUT2D eigenvalue weighted by Gasteiger charge is -2.35. The molecule has 1 aromatic heterocycles. The molecular formula is C15H21N3OS. The van der Waals surface area contributed by atoms with Crippen molar-refractivity contribution in [1.82, 2.24) is 9.88 Å². The lowest BCUT2D eigenvalue weighted by atomic mass is 9.95. The fraction of sp³-hybridized carbons (Fsp3) is 0.600. The summed E-state index contributed by atoms with van der Waals surface area (Å²) in [4.78, 5) is 21.2. The van der Waals surface area contributed by atoms with Gasteiger partial charge in [0.1, 0.15) is 5.82 Å². The molecule has 0 aliphatic carbocycles. The summed E-state index contributed by atoms with van der Waals surface area (Å²) in [6, 6.07) is 6.00. The molecule has 3 heterocycles. The summed E-state index contributed by atoms with van der Waals surface area (Å²) in [6.07, 6.45) is 3.75. The molecule has 0 radical (unpaired) electrons. The maximum atomic E-state index is 12.5. The molecule has 0 bridgehead atoms. The monoisotopic (exact) mass is 291 g/mol. The van der Waals surface area contributed by atoms with Crippen LogP contribution in [0.15, 0.2) is 24.4 Å². The van der Waals surface area contributed by atoms with Gasteiger partial charge in [0.15, 0.2) is 0 Å². The zero-order chi connectivity index (χ0) is 13.8. The van der Waals surface area contributed by atoms with Crippen LogP contribution in [0.3, 0.4) is 0 Å². The minimum absolute atomic E-state index is 0.220. The molecule has 2 aliphatic rings. The highest BCUT2D eigenvalue weighted by molar-refractivity contribution is 7.99. The van der Waals surface area contributed by atoms with Crippen molar-refractivity contribution in [2.24, 2.45) is 5.92 Å². The number of anilines is 1. The molecule has 2 saturated heterocycles. The predicted octanol–water partition coefficient (Wildman–Crippen LogP) is 1.87. The van der Waals surface area contributed by atoms with E-state index in [1.807, 2.05) is 36.2 Å². The SMILES string of the molecule is O=C(C1CCN(c2ccccn2)CC1)N1CCSCC1. The minimum Gasteiger partial charge on any atom is -0.357 e. The quantitative estimate of drug-likeness (QED) is 0.833. The molecule has 0 saturated carbocycles. The van der Waals surface area contributed by atoms with Crippen LogP contribution in [0.1, 0.15) is 12.8 Å². The number of carbonyl (C=O) groups is 1. The number of pyridine rings is 1. The van der Waals surface area contributed by atoms with Crippen LogP contribution in [0, 0.1) is 5.92 Å². The number of carbonyl (C=O) groups excluding carboxylic acids is 1. The molecular weight excluding hydrogens is 270 g/mol. The lowest BCUT2D eigenvalue weighted by Crippen LogP contribution is -2.45. The Labute approximate surface area is 124 Å². The molecule has 4 nitrogen and oxygen atoms in total. The van der Waals surface area contributed by atoms with Gasteiger partial charge < -0.3 is 9.80 Å². The number of hydrogen-bond acceptors (Lipinski definition) is 4. The number of hydrogen-bond donors (Lipinski definition) is 0. The summed E-state index contributed by atoms with van der Waals surface area (Å²) in [6.45, 7) is 3.75. The van der Waals surface area contributed by atoms with Crippen molar-refractivity contribution in [3.63, 3.8) is 0 Å². The number of piperidine rings is 1. The van der Waals surface area contributed by atoms with Crippen LogP contribution >= 0.6 is 11.8 Å². The Bertz CT molecular complexity index is 440. The summed E-state index contributed by atoms with van der Waals surface area (Å²) in [5.74, 6) is 3.83. The zero-order valence-corrected chi connectivity index (χ0v) is 12.5. The number of thioether (sulfide) groups is 1. The highest BCUT2D eigenvalue weighted by Crippen LogP contribution is 2.24. The van der Waals surface area contributed by atoms with Crippen molar-refractivity contribution >= 4 is 23.5 Å². The molecule has 5 heteroatoms. The van der Waals surface area contributed by atoms with Crippen LogP contribution in [0.25, 0.3) is 0 Å². The van der Waals surface area contributed by atoms with Gasteiger partial charge in [0, 0.05) is 49.8 Å². The summed E-state index contributed by atoms with van der Waals surface area (Å²) in [7, 11) is 0. The molecule has 1 amide bonds. The van der Waals surface area contributed by atoms with Crippen molar-refractivity contribution in [1.29, 1.82) is 0 Å². The van der Waals surface area contributed by atoms with Crippen LogP contribution < -0.4 is 4.90 Å². The molecule has 0 aromatic carbocycles. The molecule has 20 heavy (non-hydrogen) atoms. The largest absolute Gasteiger partial charge is 0.357 e. The Morgan fingerprint density at radius 2 is 1.90 bits per heavy atom. The molecule has 0 atom stereocenters. The first kappa shape index (κ1) is 13.7. The second-order valence-corrected chi connectivity index (χ2v) is 6.61. The maximum absolute atomic E-state index is 12.5. The van der Waals surface area contributed by atoms with E-state index in [0.717, 1.165) is 56.3 Å². The first-order chi connectivity index (χ1) is 9.84. The van der Waals surface area contributed by atoms with Gasteiger partial charge in [-0.2, -0.15) is 11.8 Å². The smallest absolute Gasteiger partial charge is 0.225 e. The van der Waals surface area contributed by atoms with Gasteiger partial charge in [-0.05, 0) is 25.0 Å². The summed E-state index contributed by atoms with van der Waals surface area (Å²) >= 11 is 1.95. The molecule has 2 aliphatic heterocycles. The third-order valence-corrected chi connectivity index (χ3v) is 5.08. The van der Waals surface area contributed by atoms with Gasteiger partial charge in [-0.25, -0.2) is 4.98 Å². The Morgan fingerprint density at radius 1 is 1.15 bits per heavy atom. The van der Waals surface area contributed by atoms with Crippen LogP contribution in [0.5, 0.6) is 0 Å². The van der Waals surface area contributed by atoms with Gasteiger partial charge in [0.05, 0.1) is 0 Å². The van der Waals surface area contributed by atoms with E-state index in [-0.39, 0.29) is 5.92 Å². The van der Waals surface area contributed by atoms with Crippen LogP contribution in [-0.4, -0.2) is 53.5 Å². The van der Waals surface area contributed by atoms with E-state index < -0.39 is 0 Å². The van der Waals surface area contributed by atoms with Crippen LogP contribution in [0.2, 0.25) is 0 Å². The van der Waals surface area contributed by atoms with Crippen LogP contribution in [0.4, 0.5) is 5.82 Å². The summed E-state index contributed by atoms with van der Waals surface area (Å²) < 4.78 is 0. The van der Waals surface area contributed by atoms with Crippen molar-refractivity contribution in [3.8, 4) is 0 Å². The highest BCUT2D eigenvalue weighted by Gasteiger charge is 2.29. The van der Waals surface area contributed by atoms with E-state index in [2.05, 4.69) is 14.8 Å². The normalized spacial score (nSPS) is 21.0. The van der Waals surface area contributed by atoms with Gasteiger partial charge in [-0.1, -0.05) is 6.07 Å². The first-order valence-electron chi connectivity index (χ1n) is 7.37. The maximum Gasteiger partial charge on any atom is 0.225 e. The average Bonchev–Trinajstić information content (AvgIpc) is 2.56. The van der Waals surface area contributed by atoms with Gasteiger partial charge in [-0.15, -0.1) is 0 Å².